The van der Waals surface area contributed by atoms with Gasteiger partial charge in [-0.3, -0.25) is 0 Å². The minimum absolute atomic E-state index is 0.382. The maximum atomic E-state index is 8.65. The van der Waals surface area contributed by atoms with Gasteiger partial charge in [0.2, 0.25) is 0 Å². The van der Waals surface area contributed by atoms with E-state index in [0.717, 1.165) is 17.7 Å². The summed E-state index contributed by atoms with van der Waals surface area (Å²) < 4.78 is 5.43. The standard InChI is InChI=1S/C13H15NO2/c1-3-4-5-9-16-13-8-6-7-12(10-13)11(2)14-15/h6-8,10,15H,3,9H2,1-2H3/b14-11-. The Morgan fingerprint density at radius 3 is 2.94 bits per heavy atom. The maximum Gasteiger partial charge on any atom is 0.149 e. The molecular weight excluding hydrogens is 202 g/mol. The zero-order chi connectivity index (χ0) is 11.8. The molecule has 0 bridgehead atoms. The smallest absolute Gasteiger partial charge is 0.149 e. The molecule has 1 aromatic rings. The fraction of sp³-hybridized carbons (Fsp3) is 0.308. The molecule has 0 saturated carbocycles. The Kier molecular flexibility index (Phi) is 4.94. The second-order valence-electron chi connectivity index (χ2n) is 3.21. The van der Waals surface area contributed by atoms with Crippen molar-refractivity contribution in [2.24, 2.45) is 5.16 Å². The summed E-state index contributed by atoms with van der Waals surface area (Å²) in [4.78, 5) is 0. The van der Waals surface area contributed by atoms with Gasteiger partial charge in [-0.1, -0.05) is 30.1 Å². The SMILES string of the molecule is CCC#CCOc1cccc(/C(C)=N\O)c1. The fourth-order valence-corrected chi connectivity index (χ4v) is 1.16. The zero-order valence-electron chi connectivity index (χ0n) is 9.53. The third-order valence-electron chi connectivity index (χ3n) is 2.01. The molecule has 1 N–H and O–H groups in total. The first-order valence-corrected chi connectivity index (χ1v) is 5.15. The van der Waals surface area contributed by atoms with Gasteiger partial charge in [0.1, 0.15) is 12.4 Å². The Morgan fingerprint density at radius 1 is 1.44 bits per heavy atom. The molecule has 0 atom stereocenters. The van der Waals surface area contributed by atoms with Crippen molar-refractivity contribution in [2.75, 3.05) is 6.61 Å². The summed E-state index contributed by atoms with van der Waals surface area (Å²) in [6.07, 6.45) is 0.833. The summed E-state index contributed by atoms with van der Waals surface area (Å²) in [6.45, 7) is 4.11. The summed E-state index contributed by atoms with van der Waals surface area (Å²) in [7, 11) is 0. The first-order valence-electron chi connectivity index (χ1n) is 5.15. The molecule has 0 saturated heterocycles. The van der Waals surface area contributed by atoms with E-state index < -0.39 is 0 Å². The fourth-order valence-electron chi connectivity index (χ4n) is 1.16. The van der Waals surface area contributed by atoms with E-state index in [-0.39, 0.29) is 0 Å². The third kappa shape index (κ3) is 3.66. The number of ether oxygens (including phenoxy) is 1. The van der Waals surface area contributed by atoms with E-state index >= 15 is 0 Å². The number of rotatable bonds is 3. The van der Waals surface area contributed by atoms with Crippen LogP contribution in [-0.2, 0) is 0 Å². The van der Waals surface area contributed by atoms with Gasteiger partial charge in [0.15, 0.2) is 0 Å². The molecule has 0 heterocycles. The van der Waals surface area contributed by atoms with Crippen LogP contribution >= 0.6 is 0 Å². The second-order valence-corrected chi connectivity index (χ2v) is 3.21. The molecule has 0 unspecified atom stereocenters. The minimum Gasteiger partial charge on any atom is -0.481 e. The van der Waals surface area contributed by atoms with Gasteiger partial charge in [-0.05, 0) is 19.1 Å². The van der Waals surface area contributed by atoms with E-state index in [0.29, 0.717) is 12.3 Å². The Bertz CT molecular complexity index is 427. The van der Waals surface area contributed by atoms with E-state index in [1.54, 1.807) is 6.92 Å². The van der Waals surface area contributed by atoms with Crippen LogP contribution in [0.2, 0.25) is 0 Å². The normalized spacial score (nSPS) is 10.5. The molecule has 0 spiro atoms. The third-order valence-corrected chi connectivity index (χ3v) is 2.01. The molecule has 1 aromatic carbocycles. The predicted molar refractivity (Wildman–Crippen MR) is 64.0 cm³/mol. The lowest BCUT2D eigenvalue weighted by Crippen LogP contribution is -1.98. The molecule has 1 rings (SSSR count). The highest BCUT2D eigenvalue weighted by Gasteiger charge is 1.99. The number of oxime groups is 1. The highest BCUT2D eigenvalue weighted by molar-refractivity contribution is 5.98. The molecule has 3 nitrogen and oxygen atoms in total. The quantitative estimate of drug-likeness (QED) is 0.366. The van der Waals surface area contributed by atoms with Gasteiger partial charge in [-0.25, -0.2) is 0 Å². The first-order chi connectivity index (χ1) is 7.77. The van der Waals surface area contributed by atoms with Crippen molar-refractivity contribution in [1.29, 1.82) is 0 Å². The molecule has 0 aromatic heterocycles. The summed E-state index contributed by atoms with van der Waals surface area (Å²) in [5.74, 6) is 6.55. The monoisotopic (exact) mass is 217 g/mol. The average Bonchev–Trinajstić information content (AvgIpc) is 2.34. The van der Waals surface area contributed by atoms with Crippen LogP contribution in [-0.4, -0.2) is 17.5 Å². The van der Waals surface area contributed by atoms with Crippen molar-refractivity contribution in [3.05, 3.63) is 29.8 Å². The number of benzene rings is 1. The molecule has 0 aliphatic carbocycles. The largest absolute Gasteiger partial charge is 0.481 e. The summed E-state index contributed by atoms with van der Waals surface area (Å²) in [6, 6.07) is 7.39. The van der Waals surface area contributed by atoms with Gasteiger partial charge < -0.3 is 9.94 Å². The van der Waals surface area contributed by atoms with Gasteiger partial charge in [0.25, 0.3) is 0 Å². The van der Waals surface area contributed by atoms with Gasteiger partial charge >= 0.3 is 0 Å². The van der Waals surface area contributed by atoms with E-state index in [1.165, 1.54) is 0 Å². The van der Waals surface area contributed by atoms with Crippen molar-refractivity contribution in [1.82, 2.24) is 0 Å². The molecule has 0 fully saturated rings. The molecule has 84 valence electrons. The van der Waals surface area contributed by atoms with Crippen LogP contribution in [0.15, 0.2) is 29.4 Å². The topological polar surface area (TPSA) is 41.8 Å². The van der Waals surface area contributed by atoms with Crippen molar-refractivity contribution in [2.45, 2.75) is 20.3 Å². The van der Waals surface area contributed by atoms with Gasteiger partial charge in [0, 0.05) is 12.0 Å². The van der Waals surface area contributed by atoms with Crippen LogP contribution in [0.5, 0.6) is 5.75 Å². The average molecular weight is 217 g/mol. The molecule has 0 radical (unpaired) electrons. The molecule has 16 heavy (non-hydrogen) atoms. The predicted octanol–water partition coefficient (Wildman–Crippen LogP) is 2.68. The minimum atomic E-state index is 0.382. The number of nitrogens with zero attached hydrogens (tertiary/aromatic N) is 1. The summed E-state index contributed by atoms with van der Waals surface area (Å²) >= 11 is 0. The number of hydrogen-bond donors (Lipinski definition) is 1. The van der Waals surface area contributed by atoms with Crippen LogP contribution in [0, 0.1) is 11.8 Å². The van der Waals surface area contributed by atoms with E-state index in [1.807, 2.05) is 31.2 Å². The Labute approximate surface area is 95.7 Å². The lowest BCUT2D eigenvalue weighted by atomic mass is 10.1. The van der Waals surface area contributed by atoms with Crippen LogP contribution in [0.1, 0.15) is 25.8 Å². The van der Waals surface area contributed by atoms with Crippen LogP contribution in [0.25, 0.3) is 0 Å². The Balaban J connectivity index is 2.68. The van der Waals surface area contributed by atoms with E-state index in [4.69, 9.17) is 9.94 Å². The van der Waals surface area contributed by atoms with Gasteiger partial charge in [0.05, 0.1) is 5.71 Å². The van der Waals surface area contributed by atoms with Crippen molar-refractivity contribution in [3.8, 4) is 17.6 Å². The van der Waals surface area contributed by atoms with Crippen LogP contribution in [0.4, 0.5) is 0 Å². The van der Waals surface area contributed by atoms with E-state index in [9.17, 15) is 0 Å². The summed E-state index contributed by atoms with van der Waals surface area (Å²) in [5, 5.41) is 11.8. The molecule has 0 aliphatic rings. The second kappa shape index (κ2) is 6.52. The van der Waals surface area contributed by atoms with Crippen molar-refractivity contribution < 1.29 is 9.94 Å². The van der Waals surface area contributed by atoms with Gasteiger partial charge in [-0.2, -0.15) is 0 Å². The lowest BCUT2D eigenvalue weighted by molar-refractivity contribution is 0.319. The van der Waals surface area contributed by atoms with E-state index in [2.05, 4.69) is 17.0 Å². The maximum absolute atomic E-state index is 8.65. The molecule has 3 heteroatoms. The summed E-state index contributed by atoms with van der Waals surface area (Å²) in [5.41, 5.74) is 1.40. The van der Waals surface area contributed by atoms with Crippen LogP contribution < -0.4 is 4.74 Å². The lowest BCUT2D eigenvalue weighted by Gasteiger charge is -2.04. The number of hydrogen-bond acceptors (Lipinski definition) is 3. The Morgan fingerprint density at radius 2 is 2.25 bits per heavy atom. The van der Waals surface area contributed by atoms with Crippen LogP contribution in [0.3, 0.4) is 0 Å². The molecule has 0 amide bonds. The molecular formula is C13H15NO2. The molecule has 0 aliphatic heterocycles. The van der Waals surface area contributed by atoms with Gasteiger partial charge in [-0.15, -0.1) is 5.92 Å². The van der Waals surface area contributed by atoms with Crippen molar-refractivity contribution >= 4 is 5.71 Å². The highest BCUT2D eigenvalue weighted by atomic mass is 16.5. The first kappa shape index (κ1) is 12.1. The zero-order valence-corrected chi connectivity index (χ0v) is 9.53. The highest BCUT2D eigenvalue weighted by Crippen LogP contribution is 2.13. The Hall–Kier alpha value is -1.95. The van der Waals surface area contributed by atoms with Crippen molar-refractivity contribution in [3.63, 3.8) is 0 Å².